The van der Waals surface area contributed by atoms with Crippen molar-refractivity contribution >= 4 is 5.91 Å². The number of halogens is 2. The molecule has 2 aromatic rings. The summed E-state index contributed by atoms with van der Waals surface area (Å²) in [5.41, 5.74) is 0.844. The van der Waals surface area contributed by atoms with Gasteiger partial charge in [0.25, 0.3) is 5.91 Å². The number of rotatable bonds is 5. The van der Waals surface area contributed by atoms with Crippen LogP contribution in [0.5, 0.6) is 5.75 Å². The maximum atomic E-state index is 13.3. The molecule has 0 bridgehead atoms. The molecule has 2 rings (SSSR count). The average Bonchev–Trinajstić information content (AvgIpc) is 2.53. The lowest BCUT2D eigenvalue weighted by Crippen LogP contribution is -2.23. The van der Waals surface area contributed by atoms with E-state index in [2.05, 4.69) is 5.32 Å². The standard InChI is InChI=1S/C16H15F2NO3/c1-22-15-5-3-12(17)7-13(15)16(21)19-8-10-2-4-14(18)11(6-10)9-20/h2-7,20H,8-9H2,1H3,(H,19,21). The Morgan fingerprint density at radius 1 is 1.23 bits per heavy atom. The van der Waals surface area contributed by atoms with Crippen LogP contribution >= 0.6 is 0 Å². The van der Waals surface area contributed by atoms with E-state index in [0.29, 0.717) is 5.56 Å². The number of aliphatic hydroxyl groups is 1. The Hall–Kier alpha value is -2.47. The van der Waals surface area contributed by atoms with Crippen molar-refractivity contribution in [2.75, 3.05) is 7.11 Å². The monoisotopic (exact) mass is 307 g/mol. The Bertz CT molecular complexity index is 689. The molecule has 0 aromatic heterocycles. The second-order valence-corrected chi connectivity index (χ2v) is 4.61. The lowest BCUT2D eigenvalue weighted by Gasteiger charge is -2.10. The number of methoxy groups -OCH3 is 1. The fourth-order valence-electron chi connectivity index (χ4n) is 1.99. The van der Waals surface area contributed by atoms with Crippen LogP contribution in [0.25, 0.3) is 0 Å². The Kier molecular flexibility index (Phi) is 5.06. The van der Waals surface area contributed by atoms with E-state index < -0.39 is 24.1 Å². The first-order valence-corrected chi connectivity index (χ1v) is 6.55. The van der Waals surface area contributed by atoms with Crippen molar-refractivity contribution in [1.29, 1.82) is 0 Å². The van der Waals surface area contributed by atoms with E-state index >= 15 is 0 Å². The maximum Gasteiger partial charge on any atom is 0.255 e. The smallest absolute Gasteiger partial charge is 0.255 e. The van der Waals surface area contributed by atoms with Crippen LogP contribution in [0.15, 0.2) is 36.4 Å². The summed E-state index contributed by atoms with van der Waals surface area (Å²) in [6.45, 7) is -0.308. The number of hydrogen-bond donors (Lipinski definition) is 2. The number of nitrogens with one attached hydrogen (secondary N) is 1. The van der Waals surface area contributed by atoms with Gasteiger partial charge in [-0.25, -0.2) is 8.78 Å². The Morgan fingerprint density at radius 2 is 2.00 bits per heavy atom. The first kappa shape index (κ1) is 15.9. The number of amides is 1. The van der Waals surface area contributed by atoms with Crippen LogP contribution in [0.1, 0.15) is 21.5 Å². The van der Waals surface area contributed by atoms with E-state index in [-0.39, 0.29) is 23.4 Å². The van der Waals surface area contributed by atoms with Crippen LogP contribution in [0.3, 0.4) is 0 Å². The Morgan fingerprint density at radius 3 is 2.68 bits per heavy atom. The van der Waals surface area contributed by atoms with Crippen molar-refractivity contribution in [2.45, 2.75) is 13.2 Å². The normalized spacial score (nSPS) is 10.4. The van der Waals surface area contributed by atoms with Crippen LogP contribution in [0.2, 0.25) is 0 Å². The fourth-order valence-corrected chi connectivity index (χ4v) is 1.99. The molecule has 116 valence electrons. The maximum absolute atomic E-state index is 13.3. The van der Waals surface area contributed by atoms with Crippen molar-refractivity contribution in [3.05, 3.63) is 64.7 Å². The summed E-state index contributed by atoms with van der Waals surface area (Å²) in [5, 5.41) is 11.6. The summed E-state index contributed by atoms with van der Waals surface area (Å²) in [5.74, 6) is -1.31. The van der Waals surface area contributed by atoms with Crippen LogP contribution in [-0.4, -0.2) is 18.1 Å². The summed E-state index contributed by atoms with van der Waals surface area (Å²) < 4.78 is 31.5. The van der Waals surface area contributed by atoms with Crippen molar-refractivity contribution in [1.82, 2.24) is 5.32 Å². The van der Waals surface area contributed by atoms with Crippen molar-refractivity contribution in [2.24, 2.45) is 0 Å². The molecule has 0 aliphatic carbocycles. The minimum atomic E-state index is -0.546. The lowest BCUT2D eigenvalue weighted by molar-refractivity contribution is 0.0947. The van der Waals surface area contributed by atoms with Gasteiger partial charge in [-0.3, -0.25) is 4.79 Å². The van der Waals surface area contributed by atoms with Crippen LogP contribution < -0.4 is 10.1 Å². The highest BCUT2D eigenvalue weighted by atomic mass is 19.1. The summed E-state index contributed by atoms with van der Waals surface area (Å²) in [4.78, 5) is 12.1. The predicted octanol–water partition coefficient (Wildman–Crippen LogP) is 2.40. The van der Waals surface area contributed by atoms with Crippen LogP contribution in [0.4, 0.5) is 8.78 Å². The van der Waals surface area contributed by atoms with Gasteiger partial charge >= 0.3 is 0 Å². The van der Waals surface area contributed by atoms with E-state index in [0.717, 1.165) is 6.07 Å². The summed E-state index contributed by atoms with van der Waals surface area (Å²) >= 11 is 0. The van der Waals surface area contributed by atoms with Gasteiger partial charge in [0.2, 0.25) is 0 Å². The third-order valence-corrected chi connectivity index (χ3v) is 3.14. The zero-order valence-electron chi connectivity index (χ0n) is 11.9. The van der Waals surface area contributed by atoms with Crippen LogP contribution in [-0.2, 0) is 13.2 Å². The highest BCUT2D eigenvalue weighted by molar-refractivity contribution is 5.96. The van der Waals surface area contributed by atoms with Gasteiger partial charge in [-0.15, -0.1) is 0 Å². The van der Waals surface area contributed by atoms with E-state index in [1.165, 1.54) is 37.4 Å². The van der Waals surface area contributed by atoms with Gasteiger partial charge in [-0.1, -0.05) is 6.07 Å². The molecule has 1 amide bonds. The third kappa shape index (κ3) is 3.59. The molecule has 2 aromatic carbocycles. The molecule has 0 saturated carbocycles. The second-order valence-electron chi connectivity index (χ2n) is 4.61. The van der Waals surface area contributed by atoms with Gasteiger partial charge in [-0.2, -0.15) is 0 Å². The van der Waals surface area contributed by atoms with Crippen molar-refractivity contribution in [3.63, 3.8) is 0 Å². The Balaban J connectivity index is 2.11. The number of hydrogen-bond acceptors (Lipinski definition) is 3. The largest absolute Gasteiger partial charge is 0.496 e. The van der Waals surface area contributed by atoms with E-state index in [9.17, 15) is 13.6 Å². The molecule has 0 fully saturated rings. The summed E-state index contributed by atoms with van der Waals surface area (Å²) in [6.07, 6.45) is 0. The van der Waals surface area contributed by atoms with E-state index in [4.69, 9.17) is 9.84 Å². The molecule has 6 heteroatoms. The molecule has 4 nitrogen and oxygen atoms in total. The van der Waals surface area contributed by atoms with Gasteiger partial charge < -0.3 is 15.2 Å². The lowest BCUT2D eigenvalue weighted by atomic mass is 10.1. The number of aliphatic hydroxyl groups excluding tert-OH is 1. The van der Waals surface area contributed by atoms with Crippen LogP contribution in [0, 0.1) is 11.6 Å². The van der Waals surface area contributed by atoms with Gasteiger partial charge in [0.1, 0.15) is 17.4 Å². The van der Waals surface area contributed by atoms with Gasteiger partial charge in [-0.05, 0) is 35.9 Å². The number of carbonyl (C=O) groups excluding carboxylic acids is 1. The quantitative estimate of drug-likeness (QED) is 0.892. The molecule has 0 heterocycles. The molecule has 0 aliphatic rings. The SMILES string of the molecule is COc1ccc(F)cc1C(=O)NCc1ccc(F)c(CO)c1. The highest BCUT2D eigenvalue weighted by Gasteiger charge is 2.13. The van der Waals surface area contributed by atoms with Gasteiger partial charge in [0, 0.05) is 12.1 Å². The van der Waals surface area contributed by atoms with Crippen molar-refractivity contribution < 1.29 is 23.4 Å². The predicted molar refractivity (Wildman–Crippen MR) is 76.4 cm³/mol. The molecular weight excluding hydrogens is 292 g/mol. The number of carbonyl (C=O) groups is 1. The molecule has 0 radical (unpaired) electrons. The minimum absolute atomic E-state index is 0.0759. The zero-order valence-corrected chi connectivity index (χ0v) is 11.9. The van der Waals surface area contributed by atoms with E-state index in [1.807, 2.05) is 0 Å². The number of benzene rings is 2. The molecular formula is C16H15F2NO3. The topological polar surface area (TPSA) is 58.6 Å². The molecule has 0 unspecified atom stereocenters. The molecule has 0 atom stereocenters. The first-order valence-electron chi connectivity index (χ1n) is 6.55. The zero-order chi connectivity index (χ0) is 16.1. The minimum Gasteiger partial charge on any atom is -0.496 e. The van der Waals surface area contributed by atoms with Crippen molar-refractivity contribution in [3.8, 4) is 5.75 Å². The Labute approximate surface area is 126 Å². The molecule has 0 saturated heterocycles. The summed E-state index contributed by atoms with van der Waals surface area (Å²) in [6, 6.07) is 7.82. The first-order chi connectivity index (χ1) is 10.5. The molecule has 2 N–H and O–H groups in total. The highest BCUT2D eigenvalue weighted by Crippen LogP contribution is 2.19. The molecule has 0 spiro atoms. The van der Waals surface area contributed by atoms with Gasteiger partial charge in [0.05, 0.1) is 19.3 Å². The fraction of sp³-hybridized carbons (Fsp3) is 0.188. The van der Waals surface area contributed by atoms with Gasteiger partial charge in [0.15, 0.2) is 0 Å². The molecule has 22 heavy (non-hydrogen) atoms. The summed E-state index contributed by atoms with van der Waals surface area (Å²) in [7, 11) is 1.39. The number of ether oxygens (including phenoxy) is 1. The van der Waals surface area contributed by atoms with E-state index in [1.54, 1.807) is 0 Å². The average molecular weight is 307 g/mol. The molecule has 0 aliphatic heterocycles. The third-order valence-electron chi connectivity index (χ3n) is 3.14. The second kappa shape index (κ2) is 7.00.